The fourth-order valence-corrected chi connectivity index (χ4v) is 2.56. The van der Waals surface area contributed by atoms with Crippen LogP contribution in [0.1, 0.15) is 37.8 Å². The van der Waals surface area contributed by atoms with Crippen molar-refractivity contribution in [2.45, 2.75) is 39.8 Å². The van der Waals surface area contributed by atoms with E-state index in [1.165, 1.54) is 5.56 Å². The Morgan fingerprint density at radius 3 is 2.75 bits per heavy atom. The number of rotatable bonds is 8. The van der Waals surface area contributed by atoms with Gasteiger partial charge in [-0.1, -0.05) is 25.5 Å². The number of hydrogen-bond donors (Lipinski definition) is 1. The molecular formula is C16H22INO2. The largest absolute Gasteiger partial charge is 0.392 e. The Kier molecular flexibility index (Phi) is 7.84. The van der Waals surface area contributed by atoms with Gasteiger partial charge in [0.2, 0.25) is 0 Å². The highest BCUT2D eigenvalue weighted by Gasteiger charge is 2.06. The molecule has 1 aromatic rings. The molecular weight excluding hydrogens is 365 g/mol. The monoisotopic (exact) mass is 387 g/mol. The SMILES string of the molecule is CCCCN(/C=C/C(C)=O)Cc1ccc(CO)cc1I. The molecule has 1 N–H and O–H groups in total. The number of benzene rings is 1. The van der Waals surface area contributed by atoms with Gasteiger partial charge in [-0.3, -0.25) is 4.79 Å². The van der Waals surface area contributed by atoms with Crippen molar-refractivity contribution >= 4 is 28.4 Å². The first-order valence-corrected chi connectivity index (χ1v) is 7.95. The van der Waals surface area contributed by atoms with Crippen molar-refractivity contribution in [3.8, 4) is 0 Å². The number of allylic oxidation sites excluding steroid dienone is 1. The summed E-state index contributed by atoms with van der Waals surface area (Å²) in [5.41, 5.74) is 2.14. The van der Waals surface area contributed by atoms with Crippen LogP contribution in [0.3, 0.4) is 0 Å². The average Bonchev–Trinajstić information content (AvgIpc) is 2.43. The van der Waals surface area contributed by atoms with Gasteiger partial charge in [-0.15, -0.1) is 0 Å². The highest BCUT2D eigenvalue weighted by molar-refractivity contribution is 14.1. The minimum Gasteiger partial charge on any atom is -0.392 e. The van der Waals surface area contributed by atoms with E-state index in [0.29, 0.717) is 0 Å². The Labute approximate surface area is 134 Å². The molecule has 1 aromatic carbocycles. The second-order valence-electron chi connectivity index (χ2n) is 4.83. The number of aliphatic hydroxyl groups excluding tert-OH is 1. The predicted molar refractivity (Wildman–Crippen MR) is 90.2 cm³/mol. The molecule has 0 atom stereocenters. The maximum Gasteiger partial charge on any atom is 0.154 e. The topological polar surface area (TPSA) is 40.5 Å². The van der Waals surface area contributed by atoms with Crippen molar-refractivity contribution < 1.29 is 9.90 Å². The lowest BCUT2D eigenvalue weighted by molar-refractivity contribution is -0.112. The molecule has 20 heavy (non-hydrogen) atoms. The highest BCUT2D eigenvalue weighted by atomic mass is 127. The van der Waals surface area contributed by atoms with Gasteiger partial charge in [0.15, 0.2) is 5.78 Å². The third kappa shape index (κ3) is 6.05. The molecule has 0 amide bonds. The molecule has 3 nitrogen and oxygen atoms in total. The maximum absolute atomic E-state index is 11.1. The zero-order valence-electron chi connectivity index (χ0n) is 12.1. The fourth-order valence-electron chi connectivity index (χ4n) is 1.81. The van der Waals surface area contributed by atoms with E-state index in [9.17, 15) is 4.79 Å². The summed E-state index contributed by atoms with van der Waals surface area (Å²) >= 11 is 2.29. The van der Waals surface area contributed by atoms with Crippen LogP contribution in [0.5, 0.6) is 0 Å². The van der Waals surface area contributed by atoms with Crippen LogP contribution in [0.2, 0.25) is 0 Å². The zero-order valence-corrected chi connectivity index (χ0v) is 14.3. The molecule has 1 rings (SSSR count). The van der Waals surface area contributed by atoms with Crippen LogP contribution < -0.4 is 0 Å². The summed E-state index contributed by atoms with van der Waals surface area (Å²) in [7, 11) is 0. The Balaban J connectivity index is 2.80. The third-order valence-corrected chi connectivity index (χ3v) is 4.00. The standard InChI is InChI=1S/C16H22INO2/c1-3-4-8-18(9-7-13(2)20)11-15-6-5-14(12-19)10-16(15)17/h5-7,9-10,19H,3-4,8,11-12H2,1-2H3/b9-7+. The number of hydrogen-bond acceptors (Lipinski definition) is 3. The number of carbonyl (C=O) groups is 1. The van der Waals surface area contributed by atoms with E-state index in [2.05, 4.69) is 34.4 Å². The Morgan fingerprint density at radius 1 is 1.45 bits per heavy atom. The van der Waals surface area contributed by atoms with Crippen molar-refractivity contribution in [1.82, 2.24) is 4.90 Å². The van der Waals surface area contributed by atoms with E-state index in [0.717, 1.165) is 35.1 Å². The molecule has 0 aliphatic carbocycles. The second kappa shape index (κ2) is 9.13. The molecule has 110 valence electrons. The van der Waals surface area contributed by atoms with Gasteiger partial charge < -0.3 is 10.0 Å². The number of halogens is 1. The van der Waals surface area contributed by atoms with Crippen molar-refractivity contribution in [1.29, 1.82) is 0 Å². The van der Waals surface area contributed by atoms with E-state index >= 15 is 0 Å². The van der Waals surface area contributed by atoms with Crippen LogP contribution in [-0.4, -0.2) is 22.3 Å². The molecule has 0 saturated carbocycles. The molecule has 0 aliphatic heterocycles. The van der Waals surface area contributed by atoms with E-state index in [1.54, 1.807) is 13.0 Å². The average molecular weight is 387 g/mol. The number of nitrogens with zero attached hydrogens (tertiary/aromatic N) is 1. The summed E-state index contributed by atoms with van der Waals surface area (Å²) in [5.74, 6) is 0.0665. The molecule has 0 fully saturated rings. The molecule has 0 radical (unpaired) electrons. The Morgan fingerprint density at radius 2 is 2.20 bits per heavy atom. The summed E-state index contributed by atoms with van der Waals surface area (Å²) < 4.78 is 1.15. The van der Waals surface area contributed by atoms with Gasteiger partial charge in [-0.25, -0.2) is 0 Å². The summed E-state index contributed by atoms with van der Waals surface area (Å²) in [4.78, 5) is 13.2. The molecule has 4 heteroatoms. The molecule has 0 heterocycles. The number of ketones is 1. The molecule has 0 saturated heterocycles. The van der Waals surface area contributed by atoms with Crippen molar-refractivity contribution in [2.75, 3.05) is 6.54 Å². The van der Waals surface area contributed by atoms with Crippen LogP contribution in [0.4, 0.5) is 0 Å². The van der Waals surface area contributed by atoms with Gasteiger partial charge in [-0.05, 0) is 59.2 Å². The van der Waals surface area contributed by atoms with Crippen LogP contribution in [0.25, 0.3) is 0 Å². The summed E-state index contributed by atoms with van der Waals surface area (Å²) in [5, 5.41) is 9.13. The minimum absolute atomic E-state index is 0.0665. The van der Waals surface area contributed by atoms with E-state index in [4.69, 9.17) is 5.11 Å². The van der Waals surface area contributed by atoms with Crippen LogP contribution in [0.15, 0.2) is 30.5 Å². The molecule has 0 bridgehead atoms. The number of aliphatic hydroxyl groups is 1. The fraction of sp³-hybridized carbons (Fsp3) is 0.438. The van der Waals surface area contributed by atoms with Gasteiger partial charge in [-0.2, -0.15) is 0 Å². The molecule has 0 spiro atoms. The van der Waals surface area contributed by atoms with Gasteiger partial charge in [0.25, 0.3) is 0 Å². The van der Waals surface area contributed by atoms with E-state index in [-0.39, 0.29) is 12.4 Å². The van der Waals surface area contributed by atoms with Gasteiger partial charge in [0, 0.05) is 22.9 Å². The molecule has 0 unspecified atom stereocenters. The van der Waals surface area contributed by atoms with Gasteiger partial charge >= 0.3 is 0 Å². The first kappa shape index (κ1) is 17.2. The summed E-state index contributed by atoms with van der Waals surface area (Å²) in [6, 6.07) is 6.00. The van der Waals surface area contributed by atoms with E-state index < -0.39 is 0 Å². The van der Waals surface area contributed by atoms with Gasteiger partial charge in [0.1, 0.15) is 0 Å². The van der Waals surface area contributed by atoms with Crippen molar-refractivity contribution in [2.24, 2.45) is 0 Å². The van der Waals surface area contributed by atoms with Crippen molar-refractivity contribution in [3.05, 3.63) is 45.2 Å². The lowest BCUT2D eigenvalue weighted by Crippen LogP contribution is -2.19. The minimum atomic E-state index is 0.0665. The smallest absolute Gasteiger partial charge is 0.154 e. The first-order chi connectivity index (χ1) is 9.56. The Hall–Kier alpha value is -0.880. The van der Waals surface area contributed by atoms with E-state index in [1.807, 2.05) is 24.4 Å². The highest BCUT2D eigenvalue weighted by Crippen LogP contribution is 2.17. The molecule has 0 aromatic heterocycles. The van der Waals surface area contributed by atoms with Crippen LogP contribution in [0, 0.1) is 3.57 Å². The van der Waals surface area contributed by atoms with Crippen LogP contribution >= 0.6 is 22.6 Å². The van der Waals surface area contributed by atoms with Crippen LogP contribution in [-0.2, 0) is 17.9 Å². The second-order valence-corrected chi connectivity index (χ2v) is 6.00. The zero-order chi connectivity index (χ0) is 15.0. The number of unbranched alkanes of at least 4 members (excludes halogenated alkanes) is 1. The van der Waals surface area contributed by atoms with Gasteiger partial charge in [0.05, 0.1) is 6.61 Å². The summed E-state index contributed by atoms with van der Waals surface area (Å²) in [6.45, 7) is 5.52. The third-order valence-electron chi connectivity index (χ3n) is 2.99. The lowest BCUT2D eigenvalue weighted by atomic mass is 10.1. The summed E-state index contributed by atoms with van der Waals surface area (Å²) in [6.07, 6.45) is 5.73. The predicted octanol–water partition coefficient (Wildman–Crippen LogP) is 3.49. The number of carbonyl (C=O) groups excluding carboxylic acids is 1. The van der Waals surface area contributed by atoms with Crippen molar-refractivity contribution in [3.63, 3.8) is 0 Å². The molecule has 0 aliphatic rings. The Bertz CT molecular complexity index is 472. The quantitative estimate of drug-likeness (QED) is 0.549. The lowest BCUT2D eigenvalue weighted by Gasteiger charge is -2.21. The normalized spacial score (nSPS) is 11.0. The first-order valence-electron chi connectivity index (χ1n) is 6.87. The maximum atomic E-state index is 11.1.